The van der Waals surface area contributed by atoms with Crippen molar-refractivity contribution in [2.24, 2.45) is 0 Å². The molecule has 24 heavy (non-hydrogen) atoms. The van der Waals surface area contributed by atoms with Gasteiger partial charge in [-0.25, -0.2) is 0 Å². The monoisotopic (exact) mass is 326 g/mol. The summed E-state index contributed by atoms with van der Waals surface area (Å²) >= 11 is 0. The summed E-state index contributed by atoms with van der Waals surface area (Å²) < 4.78 is 15.3. The van der Waals surface area contributed by atoms with Gasteiger partial charge in [0.25, 0.3) is 0 Å². The maximum absolute atomic E-state index is 11.1. The summed E-state index contributed by atoms with van der Waals surface area (Å²) in [6.45, 7) is 2.71. The Balaban J connectivity index is 2.18. The second-order valence-corrected chi connectivity index (χ2v) is 5.03. The molecular weight excluding hydrogens is 308 g/mol. The Labute approximate surface area is 140 Å². The van der Waals surface area contributed by atoms with Crippen molar-refractivity contribution in [2.45, 2.75) is 13.8 Å². The molecule has 0 amide bonds. The lowest BCUT2D eigenvalue weighted by Gasteiger charge is -2.06. The molecular formula is C19H18O5. The highest BCUT2D eigenvalue weighted by molar-refractivity contribution is 5.74. The molecule has 0 radical (unpaired) electrons. The van der Waals surface area contributed by atoms with Gasteiger partial charge in [0.15, 0.2) is 0 Å². The molecule has 0 spiro atoms. The molecule has 2 aromatic rings. The first kappa shape index (κ1) is 17.3. The van der Waals surface area contributed by atoms with Crippen LogP contribution in [0.1, 0.15) is 25.0 Å². The number of rotatable bonds is 5. The van der Waals surface area contributed by atoms with E-state index >= 15 is 0 Å². The molecule has 0 aliphatic carbocycles. The number of benzene rings is 2. The molecule has 0 heterocycles. The number of carbonyl (C=O) groups excluding carboxylic acids is 2. The van der Waals surface area contributed by atoms with E-state index in [1.165, 1.54) is 13.8 Å². The smallest absolute Gasteiger partial charge is 0.308 e. The number of methoxy groups -OCH3 is 1. The number of carbonyl (C=O) groups is 2. The summed E-state index contributed by atoms with van der Waals surface area (Å²) in [5.41, 5.74) is 1.76. The maximum atomic E-state index is 11.1. The van der Waals surface area contributed by atoms with Gasteiger partial charge in [0.1, 0.15) is 17.2 Å². The Morgan fingerprint density at radius 3 is 1.88 bits per heavy atom. The molecule has 0 aliphatic rings. The molecule has 2 aromatic carbocycles. The fourth-order valence-corrected chi connectivity index (χ4v) is 2.04. The van der Waals surface area contributed by atoms with Crippen molar-refractivity contribution in [2.75, 3.05) is 7.11 Å². The van der Waals surface area contributed by atoms with Crippen molar-refractivity contribution in [3.63, 3.8) is 0 Å². The minimum Gasteiger partial charge on any atom is -0.497 e. The van der Waals surface area contributed by atoms with E-state index in [2.05, 4.69) is 0 Å². The quantitative estimate of drug-likeness (QED) is 0.476. The Morgan fingerprint density at radius 2 is 1.29 bits per heavy atom. The van der Waals surface area contributed by atoms with E-state index in [-0.39, 0.29) is 11.9 Å². The summed E-state index contributed by atoms with van der Waals surface area (Å²) in [6.07, 6.45) is 3.76. The van der Waals surface area contributed by atoms with Crippen LogP contribution in [-0.2, 0) is 9.59 Å². The van der Waals surface area contributed by atoms with Gasteiger partial charge in [-0.3, -0.25) is 9.59 Å². The maximum Gasteiger partial charge on any atom is 0.308 e. The van der Waals surface area contributed by atoms with Crippen LogP contribution >= 0.6 is 0 Å². The van der Waals surface area contributed by atoms with Gasteiger partial charge < -0.3 is 14.2 Å². The Morgan fingerprint density at radius 1 is 0.750 bits per heavy atom. The minimum absolute atomic E-state index is 0.354. The summed E-state index contributed by atoms with van der Waals surface area (Å²) in [4.78, 5) is 22.0. The summed E-state index contributed by atoms with van der Waals surface area (Å²) in [5.74, 6) is 0.774. The highest BCUT2D eigenvalue weighted by atomic mass is 16.5. The normalized spacial score (nSPS) is 10.5. The van der Waals surface area contributed by atoms with Crippen LogP contribution in [0.15, 0.2) is 42.5 Å². The van der Waals surface area contributed by atoms with Gasteiger partial charge in [0.2, 0.25) is 0 Å². The first-order chi connectivity index (χ1) is 11.5. The second-order valence-electron chi connectivity index (χ2n) is 5.03. The van der Waals surface area contributed by atoms with Crippen molar-refractivity contribution in [3.05, 3.63) is 53.6 Å². The second kappa shape index (κ2) is 7.97. The SMILES string of the molecule is COc1cc(/C=C/c2ccc(OC(C)=O)cc2)cc(OC(C)=O)c1. The fraction of sp³-hybridized carbons (Fsp3) is 0.158. The van der Waals surface area contributed by atoms with E-state index < -0.39 is 0 Å². The first-order valence-corrected chi connectivity index (χ1v) is 7.30. The fourth-order valence-electron chi connectivity index (χ4n) is 2.04. The van der Waals surface area contributed by atoms with E-state index in [1.807, 2.05) is 30.4 Å². The van der Waals surface area contributed by atoms with Crippen molar-refractivity contribution in [1.82, 2.24) is 0 Å². The zero-order valence-electron chi connectivity index (χ0n) is 13.7. The summed E-state index contributed by atoms with van der Waals surface area (Å²) in [5, 5.41) is 0. The molecule has 0 fully saturated rings. The van der Waals surface area contributed by atoms with Crippen LogP contribution in [0.3, 0.4) is 0 Å². The molecule has 0 aliphatic heterocycles. The van der Waals surface area contributed by atoms with Gasteiger partial charge in [0, 0.05) is 19.9 Å². The predicted octanol–water partition coefficient (Wildman–Crippen LogP) is 3.72. The number of ether oxygens (including phenoxy) is 3. The van der Waals surface area contributed by atoms with Gasteiger partial charge in [-0.15, -0.1) is 0 Å². The number of hydrogen-bond acceptors (Lipinski definition) is 5. The zero-order chi connectivity index (χ0) is 17.5. The average Bonchev–Trinajstić information content (AvgIpc) is 2.53. The van der Waals surface area contributed by atoms with E-state index in [0.717, 1.165) is 11.1 Å². The van der Waals surface area contributed by atoms with Gasteiger partial charge in [-0.1, -0.05) is 24.3 Å². The Bertz CT molecular complexity index is 760. The van der Waals surface area contributed by atoms with Crippen LogP contribution in [0.5, 0.6) is 17.2 Å². The van der Waals surface area contributed by atoms with Crippen LogP contribution in [-0.4, -0.2) is 19.0 Å². The van der Waals surface area contributed by atoms with Crippen LogP contribution in [0, 0.1) is 0 Å². The topological polar surface area (TPSA) is 61.8 Å². The molecule has 0 atom stereocenters. The lowest BCUT2D eigenvalue weighted by Crippen LogP contribution is -2.01. The van der Waals surface area contributed by atoms with Crippen LogP contribution in [0.25, 0.3) is 12.2 Å². The zero-order valence-corrected chi connectivity index (χ0v) is 13.7. The average molecular weight is 326 g/mol. The molecule has 0 saturated carbocycles. The Hall–Kier alpha value is -3.08. The largest absolute Gasteiger partial charge is 0.497 e. The van der Waals surface area contributed by atoms with E-state index in [9.17, 15) is 9.59 Å². The minimum atomic E-state index is -0.390. The third-order valence-electron chi connectivity index (χ3n) is 3.01. The lowest BCUT2D eigenvalue weighted by molar-refractivity contribution is -0.132. The van der Waals surface area contributed by atoms with Crippen LogP contribution < -0.4 is 14.2 Å². The molecule has 0 N–H and O–H groups in total. The first-order valence-electron chi connectivity index (χ1n) is 7.30. The van der Waals surface area contributed by atoms with Crippen LogP contribution in [0.4, 0.5) is 0 Å². The number of esters is 2. The predicted molar refractivity (Wildman–Crippen MR) is 91.0 cm³/mol. The van der Waals surface area contributed by atoms with Gasteiger partial charge in [0.05, 0.1) is 7.11 Å². The molecule has 124 valence electrons. The lowest BCUT2D eigenvalue weighted by atomic mass is 10.1. The molecule has 0 aromatic heterocycles. The van der Waals surface area contributed by atoms with Gasteiger partial charge in [-0.2, -0.15) is 0 Å². The highest BCUT2D eigenvalue weighted by Gasteiger charge is 2.03. The highest BCUT2D eigenvalue weighted by Crippen LogP contribution is 2.24. The van der Waals surface area contributed by atoms with E-state index in [4.69, 9.17) is 14.2 Å². The molecule has 0 bridgehead atoms. The molecule has 0 unspecified atom stereocenters. The standard InChI is InChI=1S/C19H18O5/c1-13(20)23-17-8-6-15(7-9-17)4-5-16-10-18(22-3)12-19(11-16)24-14(2)21/h4-12H,1-3H3/b5-4+. The third-order valence-corrected chi connectivity index (χ3v) is 3.01. The van der Waals surface area contributed by atoms with Crippen molar-refractivity contribution >= 4 is 24.1 Å². The molecule has 2 rings (SSSR count). The van der Waals surface area contributed by atoms with E-state index in [0.29, 0.717) is 17.2 Å². The molecule has 5 heteroatoms. The van der Waals surface area contributed by atoms with Crippen molar-refractivity contribution < 1.29 is 23.8 Å². The summed E-state index contributed by atoms with van der Waals surface area (Å²) in [6, 6.07) is 12.3. The summed E-state index contributed by atoms with van der Waals surface area (Å²) in [7, 11) is 1.55. The van der Waals surface area contributed by atoms with Gasteiger partial charge in [-0.05, 0) is 35.4 Å². The molecule has 5 nitrogen and oxygen atoms in total. The third kappa shape index (κ3) is 5.28. The van der Waals surface area contributed by atoms with Crippen LogP contribution in [0.2, 0.25) is 0 Å². The molecule has 0 saturated heterocycles. The Kier molecular flexibility index (Phi) is 5.73. The number of hydrogen-bond donors (Lipinski definition) is 0. The van der Waals surface area contributed by atoms with Crippen molar-refractivity contribution in [1.29, 1.82) is 0 Å². The van der Waals surface area contributed by atoms with Gasteiger partial charge >= 0.3 is 11.9 Å². The van der Waals surface area contributed by atoms with Crippen molar-refractivity contribution in [3.8, 4) is 17.2 Å². The van der Waals surface area contributed by atoms with E-state index in [1.54, 1.807) is 31.4 Å².